The summed E-state index contributed by atoms with van der Waals surface area (Å²) in [5, 5.41) is 0. The van der Waals surface area contributed by atoms with Crippen LogP contribution in [0, 0.1) is 0 Å². The van der Waals surface area contributed by atoms with E-state index in [0.29, 0.717) is 5.56 Å². The van der Waals surface area contributed by atoms with Crippen molar-refractivity contribution in [3.05, 3.63) is 277 Å². The summed E-state index contributed by atoms with van der Waals surface area (Å²) >= 11 is 0. The smallest absolute Gasteiger partial charge is 0.0727 e. The number of hydrogen-bond donors (Lipinski definition) is 0. The summed E-state index contributed by atoms with van der Waals surface area (Å²) in [7, 11) is 0. The van der Waals surface area contributed by atoms with Gasteiger partial charge in [0.05, 0.1) is 12.3 Å². The van der Waals surface area contributed by atoms with Crippen molar-refractivity contribution < 1.29 is 6.85 Å². The summed E-state index contributed by atoms with van der Waals surface area (Å²) in [6.07, 6.45) is 0. The van der Waals surface area contributed by atoms with Gasteiger partial charge in [-0.15, -0.1) is 0 Å². The molecule has 0 aromatic heterocycles. The van der Waals surface area contributed by atoms with E-state index in [1.165, 1.54) is 44.5 Å². The quantitative estimate of drug-likeness (QED) is 0.151. The van der Waals surface area contributed by atoms with Crippen LogP contribution in [0.15, 0.2) is 255 Å². The van der Waals surface area contributed by atoms with Crippen LogP contribution in [0.1, 0.15) is 29.1 Å². The molecule has 1 unspecified atom stereocenters. The van der Waals surface area contributed by atoms with Gasteiger partial charge in [-0.25, -0.2) is 0 Å². The zero-order valence-electron chi connectivity index (χ0n) is 39.3. The topological polar surface area (TPSA) is 6.48 Å². The summed E-state index contributed by atoms with van der Waals surface area (Å²) < 4.78 is 42.4. The summed E-state index contributed by atoms with van der Waals surface area (Å²) in [6, 6.07) is 77.7. The Labute approximate surface area is 376 Å². The Bertz CT molecular complexity index is 3500. The molecule has 10 aromatic rings. The minimum absolute atomic E-state index is 0.174. The van der Waals surface area contributed by atoms with Crippen LogP contribution in [0.5, 0.6) is 0 Å². The van der Waals surface area contributed by atoms with Gasteiger partial charge in [-0.3, -0.25) is 0 Å². The van der Waals surface area contributed by atoms with Crippen molar-refractivity contribution >= 4 is 34.1 Å². The molecule has 0 aliphatic heterocycles. The summed E-state index contributed by atoms with van der Waals surface area (Å²) in [5.41, 5.74) is 17.9. The number of benzene rings is 10. The van der Waals surface area contributed by atoms with Crippen molar-refractivity contribution in [3.8, 4) is 44.5 Å². The van der Waals surface area contributed by atoms with Crippen LogP contribution in [0.4, 0.5) is 34.1 Å². The standard InChI is InChI=1S/C61H42N2/c1-5-18-43(19-6-1)45-32-34-49(35-33-45)63(50-27-17-22-46(40-50)44-20-7-2-8-21-44)52-37-39-56-54-29-14-16-31-58(54)61(60(56)42-52)57-30-15-13-28-53(57)55-38-36-51(41-59(55)61)62(47-23-9-3-10-24-47)48-25-11-4-12-26-48/h1-42H/i1D,5D,6D,18D,19D. The van der Waals surface area contributed by atoms with Gasteiger partial charge >= 0.3 is 0 Å². The third kappa shape index (κ3) is 5.95. The van der Waals surface area contributed by atoms with Gasteiger partial charge in [0.25, 0.3) is 0 Å². The first kappa shape index (κ1) is 31.6. The van der Waals surface area contributed by atoms with Crippen LogP contribution < -0.4 is 9.80 Å². The second-order valence-corrected chi connectivity index (χ2v) is 16.1. The molecule has 296 valence electrons. The average Bonchev–Trinajstić information content (AvgIpc) is 3.86. The fourth-order valence-corrected chi connectivity index (χ4v) is 10.1. The Morgan fingerprint density at radius 3 is 1.24 bits per heavy atom. The normalized spacial score (nSPS) is 15.2. The summed E-state index contributed by atoms with van der Waals surface area (Å²) in [6.45, 7) is 0. The summed E-state index contributed by atoms with van der Waals surface area (Å²) in [4.78, 5) is 4.60. The van der Waals surface area contributed by atoms with E-state index in [0.717, 1.165) is 45.3 Å². The minimum Gasteiger partial charge on any atom is -0.310 e. The maximum Gasteiger partial charge on any atom is 0.0727 e. The van der Waals surface area contributed by atoms with E-state index < -0.39 is 11.5 Å². The average molecular weight is 808 g/mol. The summed E-state index contributed by atoms with van der Waals surface area (Å²) in [5.74, 6) is 0. The number of anilines is 6. The van der Waals surface area contributed by atoms with Gasteiger partial charge in [-0.1, -0.05) is 182 Å². The molecule has 0 bridgehead atoms. The van der Waals surface area contributed by atoms with E-state index in [1.54, 1.807) is 0 Å². The molecule has 12 rings (SSSR count). The van der Waals surface area contributed by atoms with Crippen LogP contribution in [0.3, 0.4) is 0 Å². The number of fused-ring (bicyclic) bond motifs is 10. The molecule has 2 aliphatic carbocycles. The number of hydrogen-bond acceptors (Lipinski definition) is 2. The lowest BCUT2D eigenvalue weighted by Gasteiger charge is -2.33. The highest BCUT2D eigenvalue weighted by molar-refractivity contribution is 5.97. The highest BCUT2D eigenvalue weighted by Crippen LogP contribution is 2.64. The van der Waals surface area contributed by atoms with E-state index in [1.807, 2.05) is 30.3 Å². The molecular weight excluding hydrogens is 761 g/mol. The molecule has 1 spiro atoms. The molecule has 0 radical (unpaired) electrons. The van der Waals surface area contributed by atoms with Crippen LogP contribution in [0.2, 0.25) is 0 Å². The molecule has 0 saturated carbocycles. The molecule has 2 heteroatoms. The maximum atomic E-state index is 8.73. The van der Waals surface area contributed by atoms with Gasteiger partial charge in [0.15, 0.2) is 0 Å². The minimum atomic E-state index is -0.661. The van der Waals surface area contributed by atoms with Gasteiger partial charge in [0, 0.05) is 34.1 Å². The van der Waals surface area contributed by atoms with Gasteiger partial charge < -0.3 is 9.80 Å². The molecule has 2 nitrogen and oxygen atoms in total. The first-order valence-corrected chi connectivity index (χ1v) is 21.3. The Balaban J connectivity index is 1.09. The number of rotatable bonds is 8. The molecule has 0 N–H and O–H groups in total. The zero-order valence-corrected chi connectivity index (χ0v) is 34.3. The highest BCUT2D eigenvalue weighted by atomic mass is 15.1. The second kappa shape index (κ2) is 15.1. The molecule has 0 saturated heterocycles. The van der Waals surface area contributed by atoms with Gasteiger partial charge in [0.2, 0.25) is 0 Å². The molecule has 10 aromatic carbocycles. The molecule has 0 heterocycles. The Kier molecular flexibility index (Phi) is 7.56. The van der Waals surface area contributed by atoms with Crippen molar-refractivity contribution in [3.63, 3.8) is 0 Å². The van der Waals surface area contributed by atoms with Crippen LogP contribution >= 0.6 is 0 Å². The lowest BCUT2D eigenvalue weighted by atomic mass is 9.70. The molecule has 0 amide bonds. The third-order valence-corrected chi connectivity index (χ3v) is 12.7. The predicted octanol–water partition coefficient (Wildman–Crippen LogP) is 16.3. The van der Waals surface area contributed by atoms with Crippen molar-refractivity contribution in [2.45, 2.75) is 5.41 Å². The van der Waals surface area contributed by atoms with Crippen molar-refractivity contribution in [2.75, 3.05) is 9.80 Å². The van der Waals surface area contributed by atoms with Crippen LogP contribution in [0.25, 0.3) is 44.5 Å². The monoisotopic (exact) mass is 807 g/mol. The van der Waals surface area contributed by atoms with Gasteiger partial charge in [0.1, 0.15) is 0 Å². The second-order valence-electron chi connectivity index (χ2n) is 16.1. The molecule has 0 fully saturated rings. The first-order valence-electron chi connectivity index (χ1n) is 23.8. The molecule has 2 aliphatic rings. The van der Waals surface area contributed by atoms with Crippen LogP contribution in [-0.2, 0) is 5.41 Å². The Morgan fingerprint density at radius 1 is 0.270 bits per heavy atom. The first-order chi connectivity index (χ1) is 33.3. The van der Waals surface area contributed by atoms with Crippen molar-refractivity contribution in [1.29, 1.82) is 0 Å². The number of para-hydroxylation sites is 2. The predicted molar refractivity (Wildman–Crippen MR) is 263 cm³/mol. The SMILES string of the molecule is [2H]c1c([2H])c([2H])c(-c2ccc(N(c3cccc(-c4ccccc4)c3)c3ccc4c(c3)C3(c5ccccc5-c5ccc(N(c6ccccc6)c6ccccc6)cc53)c3ccccc3-4)cc2)c([2H])c1[2H]. The Hall–Kier alpha value is -8.20. The van der Waals surface area contributed by atoms with E-state index in [2.05, 4.69) is 204 Å². The van der Waals surface area contributed by atoms with E-state index in [-0.39, 0.29) is 29.7 Å². The highest BCUT2D eigenvalue weighted by Gasteiger charge is 2.52. The largest absolute Gasteiger partial charge is 0.310 e. The van der Waals surface area contributed by atoms with Crippen molar-refractivity contribution in [2.24, 2.45) is 0 Å². The lowest BCUT2D eigenvalue weighted by Crippen LogP contribution is -2.26. The fraction of sp³-hybridized carbons (Fsp3) is 0.0164. The number of nitrogens with zero attached hydrogens (tertiary/aromatic N) is 2. The lowest BCUT2D eigenvalue weighted by molar-refractivity contribution is 0.793. The fourth-order valence-electron chi connectivity index (χ4n) is 10.1. The van der Waals surface area contributed by atoms with Gasteiger partial charge in [-0.05, 0) is 140 Å². The van der Waals surface area contributed by atoms with Gasteiger partial charge in [-0.2, -0.15) is 0 Å². The Morgan fingerprint density at radius 2 is 0.667 bits per heavy atom. The van der Waals surface area contributed by atoms with Crippen LogP contribution in [-0.4, -0.2) is 0 Å². The van der Waals surface area contributed by atoms with E-state index >= 15 is 0 Å². The van der Waals surface area contributed by atoms with E-state index in [4.69, 9.17) is 6.85 Å². The molecule has 1 atom stereocenters. The maximum absolute atomic E-state index is 8.73. The van der Waals surface area contributed by atoms with E-state index in [9.17, 15) is 0 Å². The molecule has 63 heavy (non-hydrogen) atoms. The van der Waals surface area contributed by atoms with Crippen molar-refractivity contribution in [1.82, 2.24) is 0 Å². The third-order valence-electron chi connectivity index (χ3n) is 12.7. The molecular formula is C61H42N2. The zero-order chi connectivity index (χ0) is 46.1.